The van der Waals surface area contributed by atoms with Gasteiger partial charge in [-0.1, -0.05) is 0 Å². The fourth-order valence-electron chi connectivity index (χ4n) is 2.67. The average Bonchev–Trinajstić information content (AvgIpc) is 2.91. The number of fused-ring (bicyclic) bond motifs is 1. The first-order chi connectivity index (χ1) is 9.15. The molecule has 100 valence electrons. The van der Waals surface area contributed by atoms with E-state index < -0.39 is 0 Å². The van der Waals surface area contributed by atoms with Gasteiger partial charge in [-0.15, -0.1) is 0 Å². The number of hydrogen-bond donors (Lipinski definition) is 1. The van der Waals surface area contributed by atoms with Gasteiger partial charge in [0.05, 0.1) is 18.2 Å². The molecule has 1 aromatic heterocycles. The van der Waals surface area contributed by atoms with E-state index in [2.05, 4.69) is 23.0 Å². The number of aryl methyl sites for hydroxylation is 1. The minimum atomic E-state index is 0.437. The van der Waals surface area contributed by atoms with E-state index in [0.29, 0.717) is 6.04 Å². The van der Waals surface area contributed by atoms with Crippen LogP contribution in [0.5, 0.6) is 0 Å². The van der Waals surface area contributed by atoms with Crippen LogP contribution in [0.1, 0.15) is 12.1 Å². The van der Waals surface area contributed by atoms with Crippen LogP contribution >= 0.6 is 0 Å². The Hall–Kier alpha value is -1.81. The van der Waals surface area contributed by atoms with Crippen molar-refractivity contribution in [3.63, 3.8) is 0 Å². The quantitative estimate of drug-likeness (QED) is 0.839. The number of rotatable bonds is 2. The minimum Gasteiger partial charge on any atom is -0.399 e. The van der Waals surface area contributed by atoms with E-state index in [9.17, 15) is 0 Å². The van der Waals surface area contributed by atoms with Gasteiger partial charge in [-0.25, -0.2) is 0 Å². The Bertz CT molecular complexity index is 606. The zero-order valence-corrected chi connectivity index (χ0v) is 11.4. The van der Waals surface area contributed by atoms with E-state index in [-0.39, 0.29) is 0 Å². The molecule has 0 amide bonds. The number of ether oxygens (including phenoxy) is 1. The molecule has 0 bridgehead atoms. The van der Waals surface area contributed by atoms with Crippen molar-refractivity contribution >= 4 is 22.3 Å². The molecule has 1 aliphatic heterocycles. The first-order valence-corrected chi connectivity index (χ1v) is 6.62. The molecule has 3 rings (SSSR count). The first-order valence-electron chi connectivity index (χ1n) is 6.62. The molecule has 2 N–H and O–H groups in total. The maximum atomic E-state index is 5.91. The SMILES string of the molecule is Cc1cc(N(C)C2CCOC2)c2cc(N)ccc2n1. The summed E-state index contributed by atoms with van der Waals surface area (Å²) < 4.78 is 5.48. The van der Waals surface area contributed by atoms with Crippen molar-refractivity contribution in [1.29, 1.82) is 0 Å². The molecule has 1 aliphatic rings. The van der Waals surface area contributed by atoms with Crippen molar-refractivity contribution in [2.75, 3.05) is 30.9 Å². The monoisotopic (exact) mass is 257 g/mol. The van der Waals surface area contributed by atoms with Crippen LogP contribution < -0.4 is 10.6 Å². The molecule has 19 heavy (non-hydrogen) atoms. The third-order valence-electron chi connectivity index (χ3n) is 3.77. The highest BCUT2D eigenvalue weighted by Gasteiger charge is 2.22. The lowest BCUT2D eigenvalue weighted by Crippen LogP contribution is -2.32. The van der Waals surface area contributed by atoms with Crippen LogP contribution in [0.15, 0.2) is 24.3 Å². The van der Waals surface area contributed by atoms with Gasteiger partial charge >= 0.3 is 0 Å². The molecule has 2 aromatic rings. The number of nitrogens with two attached hydrogens (primary N) is 1. The summed E-state index contributed by atoms with van der Waals surface area (Å²) in [4.78, 5) is 6.87. The average molecular weight is 257 g/mol. The van der Waals surface area contributed by atoms with E-state index in [1.165, 1.54) is 5.69 Å². The van der Waals surface area contributed by atoms with Crippen molar-refractivity contribution in [3.05, 3.63) is 30.0 Å². The summed E-state index contributed by atoms with van der Waals surface area (Å²) in [6.45, 7) is 3.67. The summed E-state index contributed by atoms with van der Waals surface area (Å²) >= 11 is 0. The van der Waals surface area contributed by atoms with Crippen molar-refractivity contribution in [2.24, 2.45) is 0 Å². The lowest BCUT2D eigenvalue weighted by Gasteiger charge is -2.27. The Labute approximate surface area is 113 Å². The van der Waals surface area contributed by atoms with E-state index in [4.69, 9.17) is 10.5 Å². The lowest BCUT2D eigenvalue weighted by atomic mass is 10.1. The molecule has 0 radical (unpaired) electrons. The number of likely N-dealkylation sites (N-methyl/N-ethyl adjacent to an activating group) is 1. The molecule has 1 fully saturated rings. The summed E-state index contributed by atoms with van der Waals surface area (Å²) in [5.74, 6) is 0. The highest BCUT2D eigenvalue weighted by molar-refractivity contribution is 5.94. The van der Waals surface area contributed by atoms with Crippen LogP contribution in [0.25, 0.3) is 10.9 Å². The molecule has 1 unspecified atom stereocenters. The number of anilines is 2. The first kappa shape index (κ1) is 12.2. The molecule has 4 nitrogen and oxygen atoms in total. The largest absolute Gasteiger partial charge is 0.399 e. The van der Waals surface area contributed by atoms with Gasteiger partial charge in [0.15, 0.2) is 0 Å². The number of nitrogen functional groups attached to an aromatic ring is 1. The molecule has 2 heterocycles. The number of hydrogen-bond acceptors (Lipinski definition) is 4. The third kappa shape index (κ3) is 2.24. The fraction of sp³-hybridized carbons (Fsp3) is 0.400. The van der Waals surface area contributed by atoms with Crippen LogP contribution in [0.2, 0.25) is 0 Å². The molecular weight excluding hydrogens is 238 g/mol. The topological polar surface area (TPSA) is 51.4 Å². The second-order valence-electron chi connectivity index (χ2n) is 5.19. The highest BCUT2D eigenvalue weighted by Crippen LogP contribution is 2.30. The maximum absolute atomic E-state index is 5.91. The van der Waals surface area contributed by atoms with Crippen LogP contribution in [0.3, 0.4) is 0 Å². The molecule has 4 heteroatoms. The Morgan fingerprint density at radius 2 is 2.21 bits per heavy atom. The second-order valence-corrected chi connectivity index (χ2v) is 5.19. The van der Waals surface area contributed by atoms with Gasteiger partial charge in [-0.05, 0) is 37.6 Å². The van der Waals surface area contributed by atoms with E-state index in [1.807, 2.05) is 25.1 Å². The normalized spacial score (nSPS) is 18.9. The van der Waals surface area contributed by atoms with Crippen LogP contribution in [0.4, 0.5) is 11.4 Å². The predicted molar refractivity (Wildman–Crippen MR) is 78.5 cm³/mol. The summed E-state index contributed by atoms with van der Waals surface area (Å²) in [5, 5.41) is 1.11. The molecule has 1 aromatic carbocycles. The van der Waals surface area contributed by atoms with E-state index in [1.54, 1.807) is 0 Å². The van der Waals surface area contributed by atoms with Gasteiger partial charge in [0, 0.05) is 36.1 Å². The van der Waals surface area contributed by atoms with E-state index >= 15 is 0 Å². The van der Waals surface area contributed by atoms with Gasteiger partial charge < -0.3 is 15.4 Å². The molecule has 1 saturated heterocycles. The molecule has 0 saturated carbocycles. The number of benzene rings is 1. The van der Waals surface area contributed by atoms with Crippen molar-refractivity contribution in [3.8, 4) is 0 Å². The zero-order valence-electron chi connectivity index (χ0n) is 11.4. The van der Waals surface area contributed by atoms with Crippen molar-refractivity contribution < 1.29 is 4.74 Å². The molecule has 0 spiro atoms. The molecule has 1 atom stereocenters. The lowest BCUT2D eigenvalue weighted by molar-refractivity contribution is 0.193. The van der Waals surface area contributed by atoms with Crippen molar-refractivity contribution in [2.45, 2.75) is 19.4 Å². The number of aromatic nitrogens is 1. The zero-order chi connectivity index (χ0) is 13.4. The maximum Gasteiger partial charge on any atom is 0.0727 e. The summed E-state index contributed by atoms with van der Waals surface area (Å²) in [7, 11) is 2.12. The Morgan fingerprint density at radius 1 is 1.37 bits per heavy atom. The molecular formula is C15H19N3O. The van der Waals surface area contributed by atoms with Crippen LogP contribution in [0, 0.1) is 6.92 Å². The van der Waals surface area contributed by atoms with Gasteiger partial charge in [-0.2, -0.15) is 0 Å². The summed E-state index contributed by atoms with van der Waals surface area (Å²) in [5.41, 5.74) is 9.89. The summed E-state index contributed by atoms with van der Waals surface area (Å²) in [6.07, 6.45) is 1.07. The minimum absolute atomic E-state index is 0.437. The Balaban J connectivity index is 2.12. The van der Waals surface area contributed by atoms with E-state index in [0.717, 1.165) is 41.9 Å². The van der Waals surface area contributed by atoms with Gasteiger partial charge in [-0.3, -0.25) is 4.98 Å². The smallest absolute Gasteiger partial charge is 0.0727 e. The van der Waals surface area contributed by atoms with Gasteiger partial charge in [0.1, 0.15) is 0 Å². The number of pyridine rings is 1. The third-order valence-corrected chi connectivity index (χ3v) is 3.77. The van der Waals surface area contributed by atoms with Crippen LogP contribution in [-0.2, 0) is 4.74 Å². The highest BCUT2D eigenvalue weighted by atomic mass is 16.5. The van der Waals surface area contributed by atoms with Crippen LogP contribution in [-0.4, -0.2) is 31.3 Å². The number of nitrogens with zero attached hydrogens (tertiary/aromatic N) is 2. The second kappa shape index (κ2) is 4.70. The summed E-state index contributed by atoms with van der Waals surface area (Å²) in [6, 6.07) is 8.45. The Morgan fingerprint density at radius 3 is 2.95 bits per heavy atom. The fourth-order valence-corrected chi connectivity index (χ4v) is 2.67. The predicted octanol–water partition coefficient (Wildman–Crippen LogP) is 2.35. The van der Waals surface area contributed by atoms with Gasteiger partial charge in [0.2, 0.25) is 0 Å². The Kier molecular flexibility index (Phi) is 3.03. The van der Waals surface area contributed by atoms with Gasteiger partial charge in [0.25, 0.3) is 0 Å². The standard InChI is InChI=1S/C15H19N3O/c1-10-7-15(18(2)12-5-6-19-9-12)13-8-11(16)3-4-14(13)17-10/h3-4,7-8,12H,5-6,9,16H2,1-2H3. The molecule has 0 aliphatic carbocycles. The van der Waals surface area contributed by atoms with Crippen molar-refractivity contribution in [1.82, 2.24) is 4.98 Å².